The van der Waals surface area contributed by atoms with Crippen LogP contribution in [0.25, 0.3) is 0 Å². The molecular formula is C8H11NO4. The minimum Gasteiger partial charge on any atom is -0.481 e. The molecule has 1 amide bonds. The highest BCUT2D eigenvalue weighted by Gasteiger charge is 2.36. The largest absolute Gasteiger partial charge is 0.481 e. The fourth-order valence-corrected chi connectivity index (χ4v) is 1.01. The van der Waals surface area contributed by atoms with Gasteiger partial charge in [0.25, 0.3) is 0 Å². The highest BCUT2D eigenvalue weighted by Crippen LogP contribution is 2.16. The summed E-state index contributed by atoms with van der Waals surface area (Å²) in [5.41, 5.74) is 0. The first-order valence-electron chi connectivity index (χ1n) is 3.90. The van der Waals surface area contributed by atoms with Crippen molar-refractivity contribution in [2.24, 2.45) is 5.92 Å². The molecule has 0 atom stereocenters. The molecule has 1 N–H and O–H groups in total. The summed E-state index contributed by atoms with van der Waals surface area (Å²) in [6.45, 7) is 4.03. The summed E-state index contributed by atoms with van der Waals surface area (Å²) >= 11 is 0. The van der Waals surface area contributed by atoms with Crippen LogP contribution in [0.3, 0.4) is 0 Å². The predicted octanol–water partition coefficient (Wildman–Crippen LogP) is 0.325. The third-order valence-electron chi connectivity index (χ3n) is 1.81. The van der Waals surface area contributed by atoms with Gasteiger partial charge in [0.15, 0.2) is 0 Å². The molecule has 1 aliphatic rings. The molecule has 1 heterocycles. The van der Waals surface area contributed by atoms with E-state index in [1.54, 1.807) is 0 Å². The van der Waals surface area contributed by atoms with Crippen molar-refractivity contribution in [3.8, 4) is 0 Å². The third kappa shape index (κ3) is 2.21. The average Bonchev–Trinajstić information content (AvgIpc) is 1.97. The summed E-state index contributed by atoms with van der Waals surface area (Å²) in [5.74, 6) is -1.30. The van der Waals surface area contributed by atoms with Crippen molar-refractivity contribution in [3.05, 3.63) is 12.7 Å². The third-order valence-corrected chi connectivity index (χ3v) is 1.81. The smallest absolute Gasteiger partial charge is 0.410 e. The van der Waals surface area contributed by atoms with Gasteiger partial charge in [-0.2, -0.15) is 0 Å². The molecule has 1 rings (SSSR count). The van der Waals surface area contributed by atoms with Crippen LogP contribution >= 0.6 is 0 Å². The van der Waals surface area contributed by atoms with Crippen molar-refractivity contribution in [3.63, 3.8) is 0 Å². The maximum absolute atomic E-state index is 11.0. The molecule has 0 aliphatic carbocycles. The molecular weight excluding hydrogens is 174 g/mol. The van der Waals surface area contributed by atoms with Gasteiger partial charge in [-0.25, -0.2) is 4.79 Å². The quantitative estimate of drug-likeness (QED) is 0.643. The van der Waals surface area contributed by atoms with Gasteiger partial charge in [0.2, 0.25) is 0 Å². The highest BCUT2D eigenvalue weighted by atomic mass is 16.6. The van der Waals surface area contributed by atoms with Crippen LogP contribution in [-0.2, 0) is 9.53 Å². The van der Waals surface area contributed by atoms with Gasteiger partial charge in [-0.15, -0.1) is 0 Å². The zero-order chi connectivity index (χ0) is 9.84. The molecule has 72 valence electrons. The van der Waals surface area contributed by atoms with Gasteiger partial charge in [-0.3, -0.25) is 4.79 Å². The van der Waals surface area contributed by atoms with Crippen LogP contribution in [0.1, 0.15) is 0 Å². The van der Waals surface area contributed by atoms with Gasteiger partial charge in [0.1, 0.15) is 6.61 Å². The lowest BCUT2D eigenvalue weighted by molar-refractivity contribution is -0.146. The first-order valence-corrected chi connectivity index (χ1v) is 3.90. The molecule has 1 aliphatic heterocycles. The Morgan fingerprint density at radius 1 is 1.62 bits per heavy atom. The van der Waals surface area contributed by atoms with Gasteiger partial charge < -0.3 is 14.7 Å². The zero-order valence-electron chi connectivity index (χ0n) is 7.10. The number of rotatable bonds is 3. The lowest BCUT2D eigenvalue weighted by atomic mass is 10.0. The van der Waals surface area contributed by atoms with E-state index in [4.69, 9.17) is 9.84 Å². The van der Waals surface area contributed by atoms with Crippen molar-refractivity contribution >= 4 is 12.1 Å². The van der Waals surface area contributed by atoms with Gasteiger partial charge in [-0.05, 0) is 0 Å². The van der Waals surface area contributed by atoms with Crippen LogP contribution in [0.5, 0.6) is 0 Å². The van der Waals surface area contributed by atoms with E-state index >= 15 is 0 Å². The highest BCUT2D eigenvalue weighted by molar-refractivity contribution is 5.76. The van der Waals surface area contributed by atoms with Crippen LogP contribution in [0.2, 0.25) is 0 Å². The number of aliphatic carboxylic acids is 1. The monoisotopic (exact) mass is 185 g/mol. The summed E-state index contributed by atoms with van der Waals surface area (Å²) in [5, 5.41) is 8.51. The number of carbonyl (C=O) groups excluding carboxylic acids is 1. The Labute approximate surface area is 75.6 Å². The number of carbonyl (C=O) groups is 2. The summed E-state index contributed by atoms with van der Waals surface area (Å²) < 4.78 is 4.70. The second-order valence-electron chi connectivity index (χ2n) is 2.81. The minimum atomic E-state index is -0.868. The van der Waals surface area contributed by atoms with Gasteiger partial charge in [0.05, 0.1) is 5.92 Å². The number of amides is 1. The van der Waals surface area contributed by atoms with E-state index < -0.39 is 18.0 Å². The summed E-state index contributed by atoms with van der Waals surface area (Å²) in [4.78, 5) is 22.7. The number of hydrogen-bond acceptors (Lipinski definition) is 3. The maximum atomic E-state index is 11.0. The molecule has 13 heavy (non-hydrogen) atoms. The SMILES string of the molecule is C=CCOC(=O)N1CC(C(=O)O)C1. The van der Waals surface area contributed by atoms with E-state index in [2.05, 4.69) is 6.58 Å². The fourth-order valence-electron chi connectivity index (χ4n) is 1.01. The van der Waals surface area contributed by atoms with Crippen molar-refractivity contribution in [2.75, 3.05) is 19.7 Å². The molecule has 5 nitrogen and oxygen atoms in total. The Bertz CT molecular complexity index is 232. The van der Waals surface area contributed by atoms with Crippen LogP contribution in [0.15, 0.2) is 12.7 Å². The van der Waals surface area contributed by atoms with Gasteiger partial charge in [-0.1, -0.05) is 12.7 Å². The Morgan fingerprint density at radius 2 is 2.23 bits per heavy atom. The standard InChI is InChI=1S/C8H11NO4/c1-2-3-13-8(12)9-4-6(5-9)7(10)11/h2,6H,1,3-5H2,(H,10,11). The molecule has 0 bridgehead atoms. The number of likely N-dealkylation sites (tertiary alicyclic amines) is 1. The zero-order valence-corrected chi connectivity index (χ0v) is 7.10. The van der Waals surface area contributed by atoms with Crippen molar-refractivity contribution in [1.82, 2.24) is 4.90 Å². The van der Waals surface area contributed by atoms with E-state index in [1.807, 2.05) is 0 Å². The Balaban J connectivity index is 2.22. The van der Waals surface area contributed by atoms with Gasteiger partial charge in [0, 0.05) is 13.1 Å². The van der Waals surface area contributed by atoms with Crippen molar-refractivity contribution < 1.29 is 19.4 Å². The first kappa shape index (κ1) is 9.57. The summed E-state index contributed by atoms with van der Waals surface area (Å²) in [7, 11) is 0. The normalized spacial score (nSPS) is 16.2. The topological polar surface area (TPSA) is 66.8 Å². The molecule has 0 radical (unpaired) electrons. The summed E-state index contributed by atoms with van der Waals surface area (Å²) in [6, 6.07) is 0. The fraction of sp³-hybridized carbons (Fsp3) is 0.500. The second kappa shape index (κ2) is 3.93. The number of ether oxygens (including phenoxy) is 1. The lowest BCUT2D eigenvalue weighted by Gasteiger charge is -2.35. The summed E-state index contributed by atoms with van der Waals surface area (Å²) in [6.07, 6.45) is 0.990. The molecule has 0 unspecified atom stereocenters. The Morgan fingerprint density at radius 3 is 2.69 bits per heavy atom. The van der Waals surface area contributed by atoms with E-state index in [1.165, 1.54) is 11.0 Å². The second-order valence-corrected chi connectivity index (χ2v) is 2.81. The number of nitrogens with zero attached hydrogens (tertiary/aromatic N) is 1. The number of carboxylic acid groups (broad SMARTS) is 1. The molecule has 0 saturated carbocycles. The van der Waals surface area contributed by atoms with E-state index in [9.17, 15) is 9.59 Å². The average molecular weight is 185 g/mol. The van der Waals surface area contributed by atoms with E-state index in [0.29, 0.717) is 0 Å². The Kier molecular flexibility index (Phi) is 2.89. The van der Waals surface area contributed by atoms with Crippen LogP contribution in [0, 0.1) is 5.92 Å². The molecule has 0 aromatic heterocycles. The minimum absolute atomic E-state index is 0.160. The van der Waals surface area contributed by atoms with Crippen LogP contribution in [-0.4, -0.2) is 41.8 Å². The van der Waals surface area contributed by atoms with E-state index in [-0.39, 0.29) is 19.7 Å². The predicted molar refractivity (Wildman–Crippen MR) is 44.2 cm³/mol. The number of carboxylic acids is 1. The van der Waals surface area contributed by atoms with Crippen molar-refractivity contribution in [2.45, 2.75) is 0 Å². The van der Waals surface area contributed by atoms with Gasteiger partial charge >= 0.3 is 12.1 Å². The molecule has 5 heteroatoms. The van der Waals surface area contributed by atoms with Crippen molar-refractivity contribution in [1.29, 1.82) is 0 Å². The van der Waals surface area contributed by atoms with E-state index in [0.717, 1.165) is 0 Å². The molecule has 1 fully saturated rings. The maximum Gasteiger partial charge on any atom is 0.410 e. The number of hydrogen-bond donors (Lipinski definition) is 1. The van der Waals surface area contributed by atoms with Crippen LogP contribution in [0.4, 0.5) is 4.79 Å². The molecule has 1 saturated heterocycles. The molecule has 0 aromatic rings. The first-order chi connectivity index (χ1) is 6.15. The molecule has 0 spiro atoms. The molecule has 0 aromatic carbocycles. The lowest BCUT2D eigenvalue weighted by Crippen LogP contribution is -2.53. The Hall–Kier alpha value is -1.52. The van der Waals surface area contributed by atoms with Crippen LogP contribution < -0.4 is 0 Å².